The summed E-state index contributed by atoms with van der Waals surface area (Å²) in [5.74, 6) is 0.339. The van der Waals surface area contributed by atoms with Crippen LogP contribution in [0, 0.1) is 5.41 Å². The molecular weight excluding hydrogens is 150 g/mol. The molecule has 0 amide bonds. The van der Waals surface area contributed by atoms with E-state index in [1.54, 1.807) is 12.4 Å². The van der Waals surface area contributed by atoms with E-state index in [9.17, 15) is 4.79 Å². The van der Waals surface area contributed by atoms with E-state index < -0.39 is 0 Å². The number of ketones is 1. The summed E-state index contributed by atoms with van der Waals surface area (Å²) in [6.07, 6.45) is 6.61. The summed E-state index contributed by atoms with van der Waals surface area (Å²) in [5.41, 5.74) is 2.10. The fraction of sp³-hybridized carbons (Fsp3) is 0.400. The lowest BCUT2D eigenvalue weighted by Gasteiger charge is -1.98. The van der Waals surface area contributed by atoms with Gasteiger partial charge in [0, 0.05) is 23.4 Å². The van der Waals surface area contributed by atoms with Crippen molar-refractivity contribution in [2.45, 2.75) is 19.3 Å². The van der Waals surface area contributed by atoms with Gasteiger partial charge in [-0.2, -0.15) is 0 Å². The number of hydrogen-bond donors (Lipinski definition) is 0. The molecule has 1 heterocycles. The van der Waals surface area contributed by atoms with Crippen molar-refractivity contribution in [2.24, 2.45) is 5.41 Å². The molecule has 0 N–H and O–H groups in total. The zero-order chi connectivity index (χ0) is 8.18. The first-order valence-corrected chi connectivity index (χ1v) is 4.30. The van der Waals surface area contributed by atoms with Crippen LogP contribution in [0.3, 0.4) is 0 Å². The highest BCUT2D eigenvalue weighted by Gasteiger charge is 2.54. The van der Waals surface area contributed by atoms with Crippen LogP contribution in [0.1, 0.15) is 28.8 Å². The number of fused-ring (bicyclic) bond motifs is 1. The lowest BCUT2D eigenvalue weighted by atomic mass is 10.0. The largest absolute Gasteiger partial charge is 0.293 e. The van der Waals surface area contributed by atoms with Crippen molar-refractivity contribution in [1.29, 1.82) is 0 Å². The fourth-order valence-corrected chi connectivity index (χ4v) is 2.07. The third kappa shape index (κ3) is 0.607. The molecule has 1 aromatic rings. The molecule has 0 aromatic carbocycles. The third-order valence-corrected chi connectivity index (χ3v) is 3.02. The van der Waals surface area contributed by atoms with Crippen LogP contribution in [0.4, 0.5) is 0 Å². The molecule has 2 aliphatic carbocycles. The normalized spacial score (nSPS) is 22.8. The number of hydrogen-bond acceptors (Lipinski definition) is 2. The molecule has 1 spiro atoms. The van der Waals surface area contributed by atoms with Crippen LogP contribution in [-0.2, 0) is 6.42 Å². The Kier molecular flexibility index (Phi) is 0.932. The second kappa shape index (κ2) is 1.76. The Balaban J connectivity index is 2.19. The number of aromatic nitrogens is 1. The van der Waals surface area contributed by atoms with Gasteiger partial charge in [0.2, 0.25) is 0 Å². The molecule has 0 radical (unpaired) electrons. The highest BCUT2D eigenvalue weighted by molar-refractivity contribution is 6.06. The van der Waals surface area contributed by atoms with Crippen LogP contribution in [-0.4, -0.2) is 10.8 Å². The monoisotopic (exact) mass is 159 g/mol. The Morgan fingerprint density at radius 2 is 2.25 bits per heavy atom. The molecule has 1 aromatic heterocycles. The average molecular weight is 159 g/mol. The molecule has 2 heteroatoms. The smallest absolute Gasteiger partial charge is 0.171 e. The van der Waals surface area contributed by atoms with Crippen molar-refractivity contribution in [3.63, 3.8) is 0 Å². The predicted octanol–water partition coefficient (Wildman–Crippen LogP) is 1.60. The average Bonchev–Trinajstić information content (AvgIpc) is 2.79. The van der Waals surface area contributed by atoms with Gasteiger partial charge in [-0.15, -0.1) is 0 Å². The minimum Gasteiger partial charge on any atom is -0.293 e. The van der Waals surface area contributed by atoms with Gasteiger partial charge in [0.15, 0.2) is 5.78 Å². The molecule has 0 aliphatic heterocycles. The van der Waals surface area contributed by atoms with Gasteiger partial charge in [-0.3, -0.25) is 9.78 Å². The SMILES string of the molecule is O=C1c2cnccc2CC12CC2. The summed E-state index contributed by atoms with van der Waals surface area (Å²) < 4.78 is 0. The summed E-state index contributed by atoms with van der Waals surface area (Å²) in [4.78, 5) is 15.7. The highest BCUT2D eigenvalue weighted by Crippen LogP contribution is 2.54. The zero-order valence-corrected chi connectivity index (χ0v) is 6.71. The Bertz CT molecular complexity index is 366. The van der Waals surface area contributed by atoms with Gasteiger partial charge in [-0.05, 0) is 30.9 Å². The van der Waals surface area contributed by atoms with E-state index in [1.165, 1.54) is 5.56 Å². The first-order valence-electron chi connectivity index (χ1n) is 4.30. The maximum atomic E-state index is 11.7. The second-order valence-electron chi connectivity index (χ2n) is 3.82. The molecule has 3 rings (SSSR count). The summed E-state index contributed by atoms with van der Waals surface area (Å²) in [6, 6.07) is 1.97. The van der Waals surface area contributed by atoms with Crippen LogP contribution in [0.15, 0.2) is 18.5 Å². The molecule has 12 heavy (non-hydrogen) atoms. The van der Waals surface area contributed by atoms with E-state index in [4.69, 9.17) is 0 Å². The van der Waals surface area contributed by atoms with Crippen LogP contribution >= 0.6 is 0 Å². The molecular formula is C10H9NO. The fourth-order valence-electron chi connectivity index (χ4n) is 2.07. The van der Waals surface area contributed by atoms with E-state index >= 15 is 0 Å². The summed E-state index contributed by atoms with van der Waals surface area (Å²) >= 11 is 0. The third-order valence-electron chi connectivity index (χ3n) is 3.02. The number of rotatable bonds is 0. The van der Waals surface area contributed by atoms with E-state index in [0.717, 1.165) is 24.8 Å². The van der Waals surface area contributed by atoms with E-state index in [-0.39, 0.29) is 5.41 Å². The molecule has 1 saturated carbocycles. The summed E-state index contributed by atoms with van der Waals surface area (Å²) in [7, 11) is 0. The summed E-state index contributed by atoms with van der Waals surface area (Å²) in [6.45, 7) is 0. The van der Waals surface area contributed by atoms with Crippen LogP contribution in [0.5, 0.6) is 0 Å². The minimum atomic E-state index is 0.0331. The lowest BCUT2D eigenvalue weighted by Crippen LogP contribution is -2.08. The van der Waals surface area contributed by atoms with Crippen molar-refractivity contribution in [3.05, 3.63) is 29.6 Å². The Hall–Kier alpha value is -1.18. The predicted molar refractivity (Wildman–Crippen MR) is 43.9 cm³/mol. The highest BCUT2D eigenvalue weighted by atomic mass is 16.1. The molecule has 2 aliphatic rings. The quantitative estimate of drug-likeness (QED) is 0.575. The van der Waals surface area contributed by atoms with Gasteiger partial charge in [-0.1, -0.05) is 0 Å². The first-order chi connectivity index (χ1) is 5.82. The molecule has 0 atom stereocenters. The second-order valence-corrected chi connectivity index (χ2v) is 3.82. The molecule has 0 bridgehead atoms. The number of Topliss-reactive ketones (excluding diaryl/α,β-unsaturated/α-hetero) is 1. The van der Waals surface area contributed by atoms with E-state index in [0.29, 0.717) is 5.78 Å². The van der Waals surface area contributed by atoms with Gasteiger partial charge in [0.05, 0.1) is 0 Å². The maximum Gasteiger partial charge on any atom is 0.171 e. The van der Waals surface area contributed by atoms with E-state index in [2.05, 4.69) is 4.98 Å². The Labute approximate surface area is 70.6 Å². The number of carbonyl (C=O) groups is 1. The van der Waals surface area contributed by atoms with Crippen LogP contribution in [0.2, 0.25) is 0 Å². The first kappa shape index (κ1) is 6.35. The van der Waals surface area contributed by atoms with Crippen molar-refractivity contribution < 1.29 is 4.79 Å². The van der Waals surface area contributed by atoms with Gasteiger partial charge in [0.25, 0.3) is 0 Å². The number of nitrogens with zero attached hydrogens (tertiary/aromatic N) is 1. The van der Waals surface area contributed by atoms with Gasteiger partial charge >= 0.3 is 0 Å². The Morgan fingerprint density at radius 1 is 1.42 bits per heavy atom. The van der Waals surface area contributed by atoms with E-state index in [1.807, 2.05) is 6.07 Å². The van der Waals surface area contributed by atoms with Gasteiger partial charge in [-0.25, -0.2) is 0 Å². The van der Waals surface area contributed by atoms with Gasteiger partial charge in [0.1, 0.15) is 0 Å². The lowest BCUT2D eigenvalue weighted by molar-refractivity contribution is 0.0919. The molecule has 0 unspecified atom stereocenters. The zero-order valence-electron chi connectivity index (χ0n) is 6.71. The topological polar surface area (TPSA) is 30.0 Å². The Morgan fingerprint density at radius 3 is 2.92 bits per heavy atom. The molecule has 1 fully saturated rings. The number of pyridine rings is 1. The van der Waals surface area contributed by atoms with Crippen molar-refractivity contribution >= 4 is 5.78 Å². The molecule has 2 nitrogen and oxygen atoms in total. The minimum absolute atomic E-state index is 0.0331. The van der Waals surface area contributed by atoms with Crippen LogP contribution in [0.25, 0.3) is 0 Å². The van der Waals surface area contributed by atoms with Gasteiger partial charge < -0.3 is 0 Å². The maximum absolute atomic E-state index is 11.7. The van der Waals surface area contributed by atoms with Crippen LogP contribution < -0.4 is 0 Å². The van der Waals surface area contributed by atoms with Crippen molar-refractivity contribution in [1.82, 2.24) is 4.98 Å². The summed E-state index contributed by atoms with van der Waals surface area (Å²) in [5, 5.41) is 0. The van der Waals surface area contributed by atoms with Crippen molar-refractivity contribution in [3.8, 4) is 0 Å². The number of carbonyl (C=O) groups excluding carboxylic acids is 1. The molecule has 60 valence electrons. The van der Waals surface area contributed by atoms with Crippen molar-refractivity contribution in [2.75, 3.05) is 0 Å². The molecule has 0 saturated heterocycles. The standard InChI is InChI=1S/C10H9NO/c12-9-8-6-11-4-1-7(8)5-10(9)2-3-10/h1,4,6H,2-3,5H2.